The van der Waals surface area contributed by atoms with E-state index in [1.807, 2.05) is 0 Å². The van der Waals surface area contributed by atoms with Crippen LogP contribution in [-0.4, -0.2) is 42.8 Å². The normalized spacial score (nSPS) is 14.7. The van der Waals surface area contributed by atoms with Gasteiger partial charge in [-0.05, 0) is 42.7 Å². The molecule has 0 atom stereocenters. The Bertz CT molecular complexity index is 1010. The smallest absolute Gasteiger partial charge is 0.252 e. The van der Waals surface area contributed by atoms with E-state index in [0.29, 0.717) is 17.3 Å². The molecule has 0 unspecified atom stereocenters. The number of nitrogens with zero attached hydrogens (tertiary/aromatic N) is 3. The number of nitrogens with one attached hydrogen (secondary N) is 1. The summed E-state index contributed by atoms with van der Waals surface area (Å²) >= 11 is 3.00. The first-order valence-electron chi connectivity index (χ1n) is 8.56. The summed E-state index contributed by atoms with van der Waals surface area (Å²) in [6.07, 6.45) is 6.22. The zero-order chi connectivity index (χ0) is 18.1. The van der Waals surface area contributed by atoms with Crippen LogP contribution in [0.5, 0.6) is 0 Å². The van der Waals surface area contributed by atoms with Gasteiger partial charge in [0.15, 0.2) is 0 Å². The number of anilines is 1. The van der Waals surface area contributed by atoms with Crippen molar-refractivity contribution < 1.29 is 8.42 Å². The van der Waals surface area contributed by atoms with Crippen molar-refractivity contribution in [3.05, 3.63) is 34.3 Å². The molecule has 0 fully saturated rings. The van der Waals surface area contributed by atoms with Gasteiger partial charge in [0.1, 0.15) is 21.2 Å². The lowest BCUT2D eigenvalue weighted by atomic mass is 9.97. The Morgan fingerprint density at radius 2 is 2.12 bits per heavy atom. The molecule has 4 rings (SSSR count). The third-order valence-electron chi connectivity index (χ3n) is 4.63. The van der Waals surface area contributed by atoms with Gasteiger partial charge in [0.25, 0.3) is 10.0 Å². The van der Waals surface area contributed by atoms with Gasteiger partial charge in [0, 0.05) is 25.0 Å². The van der Waals surface area contributed by atoms with E-state index in [-0.39, 0.29) is 0 Å². The maximum absolute atomic E-state index is 12.5. The standard InChI is InChI=1S/C17H20N4O2S3/c1-21(26(22,23)14-7-4-10-24-14)9-8-18-16-15-12-5-2-3-6-13(12)25-17(15)20-11-19-16/h4,7,10-11H,2-3,5-6,8-9H2,1H3,(H,18,19,20). The van der Waals surface area contributed by atoms with Gasteiger partial charge in [-0.25, -0.2) is 18.4 Å². The first-order valence-corrected chi connectivity index (χ1v) is 11.7. The molecule has 138 valence electrons. The van der Waals surface area contributed by atoms with E-state index in [0.717, 1.165) is 28.9 Å². The van der Waals surface area contributed by atoms with E-state index in [1.54, 1.807) is 42.2 Å². The molecule has 3 aromatic rings. The predicted molar refractivity (Wildman–Crippen MR) is 107 cm³/mol. The Morgan fingerprint density at radius 3 is 2.92 bits per heavy atom. The zero-order valence-electron chi connectivity index (χ0n) is 14.4. The lowest BCUT2D eigenvalue weighted by Crippen LogP contribution is -2.31. The predicted octanol–water partition coefficient (Wildman–Crippen LogP) is 3.36. The molecule has 1 aliphatic rings. The van der Waals surface area contributed by atoms with Crippen LogP contribution in [0, 0.1) is 0 Å². The minimum absolute atomic E-state index is 0.372. The molecule has 0 aromatic carbocycles. The average Bonchev–Trinajstić information content (AvgIpc) is 3.30. The molecule has 0 radical (unpaired) electrons. The second kappa shape index (κ2) is 7.22. The molecule has 1 aliphatic carbocycles. The second-order valence-electron chi connectivity index (χ2n) is 6.30. The molecule has 3 aromatic heterocycles. The summed E-state index contributed by atoms with van der Waals surface area (Å²) in [5.41, 5.74) is 1.37. The summed E-state index contributed by atoms with van der Waals surface area (Å²) in [7, 11) is -1.81. The van der Waals surface area contributed by atoms with Gasteiger partial charge in [-0.3, -0.25) is 0 Å². The molecule has 0 amide bonds. The van der Waals surface area contributed by atoms with Crippen LogP contribution in [0.3, 0.4) is 0 Å². The minimum Gasteiger partial charge on any atom is -0.368 e. The summed E-state index contributed by atoms with van der Waals surface area (Å²) in [5.74, 6) is 0.816. The molecular formula is C17H20N4O2S3. The summed E-state index contributed by atoms with van der Waals surface area (Å²) in [6, 6.07) is 3.39. The summed E-state index contributed by atoms with van der Waals surface area (Å²) < 4.78 is 26.7. The van der Waals surface area contributed by atoms with Crippen molar-refractivity contribution in [2.45, 2.75) is 29.9 Å². The third-order valence-corrected chi connectivity index (χ3v) is 9.06. The zero-order valence-corrected chi connectivity index (χ0v) is 16.9. The molecule has 26 heavy (non-hydrogen) atoms. The molecule has 6 nitrogen and oxygen atoms in total. The quantitative estimate of drug-likeness (QED) is 0.677. The van der Waals surface area contributed by atoms with Crippen LogP contribution in [0.2, 0.25) is 0 Å². The van der Waals surface area contributed by atoms with Crippen molar-refractivity contribution in [3.8, 4) is 0 Å². The number of aromatic nitrogens is 2. The van der Waals surface area contributed by atoms with Gasteiger partial charge in [-0.15, -0.1) is 22.7 Å². The second-order valence-corrected chi connectivity index (χ2v) is 10.6. The Morgan fingerprint density at radius 1 is 1.27 bits per heavy atom. The Balaban J connectivity index is 1.49. The third kappa shape index (κ3) is 3.24. The van der Waals surface area contributed by atoms with Crippen LogP contribution < -0.4 is 5.32 Å². The largest absolute Gasteiger partial charge is 0.368 e. The van der Waals surface area contributed by atoms with Gasteiger partial charge >= 0.3 is 0 Å². The van der Waals surface area contributed by atoms with E-state index < -0.39 is 10.0 Å². The van der Waals surface area contributed by atoms with Crippen molar-refractivity contribution in [3.63, 3.8) is 0 Å². The van der Waals surface area contributed by atoms with Gasteiger partial charge in [-0.1, -0.05) is 6.07 Å². The highest BCUT2D eigenvalue weighted by Gasteiger charge is 2.22. The van der Waals surface area contributed by atoms with Crippen molar-refractivity contribution in [2.75, 3.05) is 25.5 Å². The van der Waals surface area contributed by atoms with Crippen LogP contribution in [0.15, 0.2) is 28.0 Å². The van der Waals surface area contributed by atoms with Crippen molar-refractivity contribution in [1.82, 2.24) is 14.3 Å². The summed E-state index contributed by atoms with van der Waals surface area (Å²) in [4.78, 5) is 11.3. The number of fused-ring (bicyclic) bond motifs is 3. The number of hydrogen-bond donors (Lipinski definition) is 1. The van der Waals surface area contributed by atoms with Crippen LogP contribution in [0.1, 0.15) is 23.3 Å². The number of rotatable bonds is 6. The number of thiophene rings is 2. The highest BCUT2D eigenvalue weighted by Crippen LogP contribution is 2.38. The Labute approximate surface area is 161 Å². The summed E-state index contributed by atoms with van der Waals surface area (Å²) in [5, 5.41) is 6.22. The fourth-order valence-corrected chi connectivity index (χ4v) is 6.84. The highest BCUT2D eigenvalue weighted by molar-refractivity contribution is 7.91. The van der Waals surface area contributed by atoms with Gasteiger partial charge < -0.3 is 5.32 Å². The molecule has 3 heterocycles. The summed E-state index contributed by atoms with van der Waals surface area (Å²) in [6.45, 7) is 0.871. The molecule has 0 saturated carbocycles. The molecule has 0 saturated heterocycles. The topological polar surface area (TPSA) is 75.2 Å². The molecule has 0 spiro atoms. The van der Waals surface area contributed by atoms with E-state index >= 15 is 0 Å². The number of hydrogen-bond acceptors (Lipinski definition) is 7. The lowest BCUT2D eigenvalue weighted by Gasteiger charge is -2.17. The van der Waals surface area contributed by atoms with Gasteiger partial charge in [-0.2, -0.15) is 4.31 Å². The van der Waals surface area contributed by atoms with E-state index in [4.69, 9.17) is 0 Å². The first kappa shape index (κ1) is 17.8. The molecule has 0 bridgehead atoms. The fourth-order valence-electron chi connectivity index (χ4n) is 3.24. The molecule has 0 aliphatic heterocycles. The van der Waals surface area contributed by atoms with Crippen molar-refractivity contribution >= 4 is 48.7 Å². The first-order chi connectivity index (χ1) is 12.6. The van der Waals surface area contributed by atoms with E-state index in [9.17, 15) is 8.42 Å². The molecule has 9 heteroatoms. The van der Waals surface area contributed by atoms with E-state index in [1.165, 1.54) is 38.9 Å². The average molecular weight is 409 g/mol. The van der Waals surface area contributed by atoms with Crippen molar-refractivity contribution in [1.29, 1.82) is 0 Å². The van der Waals surface area contributed by atoms with Crippen LogP contribution in [0.4, 0.5) is 5.82 Å². The molecular weight excluding hydrogens is 388 g/mol. The van der Waals surface area contributed by atoms with Crippen LogP contribution in [0.25, 0.3) is 10.2 Å². The van der Waals surface area contributed by atoms with Gasteiger partial charge in [0.05, 0.1) is 5.39 Å². The fraction of sp³-hybridized carbons (Fsp3) is 0.412. The van der Waals surface area contributed by atoms with Crippen LogP contribution in [-0.2, 0) is 22.9 Å². The SMILES string of the molecule is CN(CCNc1ncnc2sc3c(c12)CCCC3)S(=O)(=O)c1cccs1. The number of likely N-dealkylation sites (N-methyl/N-ethyl adjacent to an activating group) is 1. The molecule has 1 N–H and O–H groups in total. The minimum atomic E-state index is -3.41. The van der Waals surface area contributed by atoms with Gasteiger partial charge in [0.2, 0.25) is 0 Å². The van der Waals surface area contributed by atoms with E-state index in [2.05, 4.69) is 15.3 Å². The maximum atomic E-state index is 12.5. The Hall–Kier alpha value is -1.55. The highest BCUT2D eigenvalue weighted by atomic mass is 32.2. The van der Waals surface area contributed by atoms with Crippen LogP contribution >= 0.6 is 22.7 Å². The lowest BCUT2D eigenvalue weighted by molar-refractivity contribution is 0.482. The Kier molecular flexibility index (Phi) is 4.96. The number of sulfonamides is 1. The number of aryl methyl sites for hydroxylation is 2. The monoisotopic (exact) mass is 408 g/mol. The van der Waals surface area contributed by atoms with Crippen molar-refractivity contribution in [2.24, 2.45) is 0 Å². The maximum Gasteiger partial charge on any atom is 0.252 e.